The Morgan fingerprint density at radius 1 is 1.35 bits per heavy atom. The second kappa shape index (κ2) is 7.29. The van der Waals surface area contributed by atoms with E-state index in [1.54, 1.807) is 18.5 Å². The molecular weight excluding hydrogens is 332 g/mol. The number of anilines is 1. The van der Waals surface area contributed by atoms with E-state index in [9.17, 15) is 9.59 Å². The summed E-state index contributed by atoms with van der Waals surface area (Å²) in [5.41, 5.74) is 7.92. The summed E-state index contributed by atoms with van der Waals surface area (Å²) in [6, 6.07) is 7.31. The maximum absolute atomic E-state index is 12.5. The van der Waals surface area contributed by atoms with Crippen LogP contribution in [0.15, 0.2) is 30.5 Å². The standard InChI is InChI=1S/C19H24N4O3/c1-3-26-17(24)16-12-21-23(13(16)2)15-8-6-7-14(11-15)22-18(25)19(20)9-4-5-10-19/h6-8,11-12H,3-5,9-10,20H2,1-2H3,(H,22,25). The molecule has 0 saturated heterocycles. The number of amides is 1. The maximum atomic E-state index is 12.5. The zero-order valence-electron chi connectivity index (χ0n) is 15.1. The number of hydrogen-bond donors (Lipinski definition) is 2. The van der Waals surface area contributed by atoms with Crippen molar-refractivity contribution in [1.82, 2.24) is 9.78 Å². The molecule has 0 unspecified atom stereocenters. The first kappa shape index (κ1) is 18.1. The number of carbonyl (C=O) groups is 2. The molecule has 1 heterocycles. The van der Waals surface area contributed by atoms with Gasteiger partial charge in [0.2, 0.25) is 5.91 Å². The number of rotatable bonds is 5. The topological polar surface area (TPSA) is 99.2 Å². The highest BCUT2D eigenvalue weighted by Gasteiger charge is 2.37. The van der Waals surface area contributed by atoms with Crippen molar-refractivity contribution in [2.24, 2.45) is 5.73 Å². The predicted molar refractivity (Wildman–Crippen MR) is 98.3 cm³/mol. The molecule has 138 valence electrons. The van der Waals surface area contributed by atoms with Gasteiger partial charge in [0.1, 0.15) is 5.56 Å². The molecule has 0 bridgehead atoms. The van der Waals surface area contributed by atoms with Crippen LogP contribution in [0.4, 0.5) is 5.69 Å². The van der Waals surface area contributed by atoms with Crippen molar-refractivity contribution in [2.75, 3.05) is 11.9 Å². The van der Waals surface area contributed by atoms with E-state index in [2.05, 4.69) is 10.4 Å². The molecule has 1 fully saturated rings. The monoisotopic (exact) mass is 356 g/mol. The average Bonchev–Trinajstić information content (AvgIpc) is 3.22. The first-order valence-electron chi connectivity index (χ1n) is 8.87. The van der Waals surface area contributed by atoms with Crippen LogP contribution in [0.2, 0.25) is 0 Å². The van der Waals surface area contributed by atoms with E-state index in [0.29, 0.717) is 36.4 Å². The molecule has 1 aliphatic carbocycles. The Hall–Kier alpha value is -2.67. The summed E-state index contributed by atoms with van der Waals surface area (Å²) in [4.78, 5) is 24.5. The molecule has 3 N–H and O–H groups in total. The van der Waals surface area contributed by atoms with E-state index in [4.69, 9.17) is 10.5 Å². The number of nitrogens with two attached hydrogens (primary N) is 1. The highest BCUT2D eigenvalue weighted by Crippen LogP contribution is 2.28. The molecule has 0 aliphatic heterocycles. The van der Waals surface area contributed by atoms with Crippen LogP contribution in [0.1, 0.15) is 48.7 Å². The van der Waals surface area contributed by atoms with Gasteiger partial charge in [-0.2, -0.15) is 5.10 Å². The molecule has 1 amide bonds. The van der Waals surface area contributed by atoms with Gasteiger partial charge in [0, 0.05) is 5.69 Å². The van der Waals surface area contributed by atoms with Crippen LogP contribution in [-0.4, -0.2) is 33.8 Å². The van der Waals surface area contributed by atoms with Crippen LogP contribution in [-0.2, 0) is 9.53 Å². The van der Waals surface area contributed by atoms with Crippen molar-refractivity contribution in [2.45, 2.75) is 45.1 Å². The van der Waals surface area contributed by atoms with Crippen LogP contribution < -0.4 is 11.1 Å². The lowest BCUT2D eigenvalue weighted by molar-refractivity contribution is -0.121. The summed E-state index contributed by atoms with van der Waals surface area (Å²) >= 11 is 0. The summed E-state index contributed by atoms with van der Waals surface area (Å²) in [7, 11) is 0. The van der Waals surface area contributed by atoms with Crippen molar-refractivity contribution in [1.29, 1.82) is 0 Å². The molecule has 1 aromatic heterocycles. The summed E-state index contributed by atoms with van der Waals surface area (Å²) in [6.07, 6.45) is 4.87. The molecule has 7 nitrogen and oxygen atoms in total. The molecule has 1 aliphatic rings. The van der Waals surface area contributed by atoms with E-state index in [0.717, 1.165) is 18.5 Å². The third kappa shape index (κ3) is 3.48. The Labute approximate surface area is 152 Å². The lowest BCUT2D eigenvalue weighted by Gasteiger charge is -2.22. The van der Waals surface area contributed by atoms with Gasteiger partial charge in [-0.3, -0.25) is 4.79 Å². The zero-order valence-corrected chi connectivity index (χ0v) is 15.1. The van der Waals surface area contributed by atoms with Crippen molar-refractivity contribution < 1.29 is 14.3 Å². The molecule has 0 radical (unpaired) electrons. The van der Waals surface area contributed by atoms with Crippen molar-refractivity contribution in [3.8, 4) is 5.69 Å². The van der Waals surface area contributed by atoms with Crippen LogP contribution in [0.3, 0.4) is 0 Å². The van der Waals surface area contributed by atoms with Crippen molar-refractivity contribution in [3.63, 3.8) is 0 Å². The van der Waals surface area contributed by atoms with Gasteiger partial charge >= 0.3 is 5.97 Å². The smallest absolute Gasteiger partial charge is 0.341 e. The fourth-order valence-electron chi connectivity index (χ4n) is 3.28. The third-order valence-corrected chi connectivity index (χ3v) is 4.80. The van der Waals surface area contributed by atoms with Crippen LogP contribution in [0.5, 0.6) is 0 Å². The maximum Gasteiger partial charge on any atom is 0.341 e. The quantitative estimate of drug-likeness (QED) is 0.802. The highest BCUT2D eigenvalue weighted by atomic mass is 16.5. The van der Waals surface area contributed by atoms with Crippen molar-refractivity contribution >= 4 is 17.6 Å². The lowest BCUT2D eigenvalue weighted by atomic mass is 9.98. The van der Waals surface area contributed by atoms with Gasteiger partial charge in [0.15, 0.2) is 0 Å². The Morgan fingerprint density at radius 2 is 2.08 bits per heavy atom. The first-order chi connectivity index (χ1) is 12.4. The Balaban J connectivity index is 1.82. The van der Waals surface area contributed by atoms with Gasteiger partial charge in [-0.25, -0.2) is 9.48 Å². The highest BCUT2D eigenvalue weighted by molar-refractivity contribution is 5.98. The molecular formula is C19H24N4O3. The van der Waals surface area contributed by atoms with Gasteiger partial charge < -0.3 is 15.8 Å². The number of aromatic nitrogens is 2. The van der Waals surface area contributed by atoms with E-state index in [1.807, 2.05) is 24.3 Å². The fraction of sp³-hybridized carbons (Fsp3) is 0.421. The van der Waals surface area contributed by atoms with Crippen LogP contribution >= 0.6 is 0 Å². The normalized spacial score (nSPS) is 15.7. The fourth-order valence-corrected chi connectivity index (χ4v) is 3.28. The molecule has 0 atom stereocenters. The van der Waals surface area contributed by atoms with Gasteiger partial charge in [0.25, 0.3) is 0 Å². The van der Waals surface area contributed by atoms with E-state index >= 15 is 0 Å². The molecule has 7 heteroatoms. The van der Waals surface area contributed by atoms with Crippen LogP contribution in [0, 0.1) is 6.92 Å². The molecule has 1 aromatic carbocycles. The average molecular weight is 356 g/mol. The second-order valence-electron chi connectivity index (χ2n) is 6.64. The molecule has 2 aromatic rings. The Kier molecular flexibility index (Phi) is 5.08. The van der Waals surface area contributed by atoms with Gasteiger partial charge in [-0.1, -0.05) is 18.9 Å². The Morgan fingerprint density at radius 3 is 2.77 bits per heavy atom. The minimum atomic E-state index is -0.783. The number of nitrogens with zero attached hydrogens (tertiary/aromatic N) is 2. The van der Waals surface area contributed by atoms with E-state index < -0.39 is 11.5 Å². The third-order valence-electron chi connectivity index (χ3n) is 4.80. The summed E-state index contributed by atoms with van der Waals surface area (Å²) in [5, 5.41) is 7.19. The second-order valence-corrected chi connectivity index (χ2v) is 6.64. The molecule has 26 heavy (non-hydrogen) atoms. The number of benzene rings is 1. The number of ether oxygens (including phenoxy) is 1. The van der Waals surface area contributed by atoms with E-state index in [-0.39, 0.29) is 5.91 Å². The van der Waals surface area contributed by atoms with Crippen molar-refractivity contribution in [3.05, 3.63) is 41.7 Å². The number of carbonyl (C=O) groups excluding carboxylic acids is 2. The lowest BCUT2D eigenvalue weighted by Crippen LogP contribution is -2.48. The molecule has 3 rings (SSSR count). The van der Waals surface area contributed by atoms with Gasteiger partial charge in [0.05, 0.1) is 29.7 Å². The molecule has 1 saturated carbocycles. The predicted octanol–water partition coefficient (Wildman–Crippen LogP) is 2.57. The summed E-state index contributed by atoms with van der Waals surface area (Å²) in [5.74, 6) is -0.552. The number of hydrogen-bond acceptors (Lipinski definition) is 5. The Bertz CT molecular complexity index is 822. The van der Waals surface area contributed by atoms with Gasteiger partial charge in [-0.15, -0.1) is 0 Å². The van der Waals surface area contributed by atoms with Crippen LogP contribution in [0.25, 0.3) is 5.69 Å². The largest absolute Gasteiger partial charge is 0.462 e. The zero-order chi connectivity index (χ0) is 18.7. The minimum Gasteiger partial charge on any atom is -0.462 e. The molecule has 0 spiro atoms. The number of esters is 1. The minimum absolute atomic E-state index is 0.156. The summed E-state index contributed by atoms with van der Waals surface area (Å²) < 4.78 is 6.69. The summed E-state index contributed by atoms with van der Waals surface area (Å²) in [6.45, 7) is 3.88. The SMILES string of the molecule is CCOC(=O)c1cnn(-c2cccc(NC(=O)C3(N)CCCC3)c2)c1C. The van der Waals surface area contributed by atoms with E-state index in [1.165, 1.54) is 6.20 Å². The first-order valence-corrected chi connectivity index (χ1v) is 8.87. The van der Waals surface area contributed by atoms with Gasteiger partial charge in [-0.05, 0) is 44.9 Å². The number of nitrogens with one attached hydrogen (secondary N) is 1.